The Kier molecular flexibility index (Phi) is 9.09. The van der Waals surface area contributed by atoms with E-state index >= 15 is 0 Å². The average molecular weight is 650 g/mol. The summed E-state index contributed by atoms with van der Waals surface area (Å²) in [6.07, 6.45) is -5.35. The number of carbonyl (C=O) groups is 1. The van der Waals surface area contributed by atoms with Crippen LogP contribution in [0.2, 0.25) is 0 Å². The SMILES string of the molecule is C[C@@H]1C[C@@H](n2c(Nc3ccc(OC(F)(F)F)cc3)nc3cc(OCC(=O)NCc4ncccc4C(F)(F)F)ccc32)CC(C)(C)C1. The lowest BCUT2D eigenvalue weighted by molar-refractivity contribution is -0.274. The molecule has 0 aliphatic heterocycles. The maximum absolute atomic E-state index is 13.2. The number of imidazole rings is 1. The van der Waals surface area contributed by atoms with Crippen molar-refractivity contribution in [2.45, 2.75) is 65.2 Å². The zero-order valence-corrected chi connectivity index (χ0v) is 25.3. The first-order chi connectivity index (χ1) is 21.6. The molecule has 0 unspecified atom stereocenters. The van der Waals surface area contributed by atoms with Gasteiger partial charge < -0.3 is 24.7 Å². The second-order valence-corrected chi connectivity index (χ2v) is 12.3. The minimum atomic E-state index is -4.80. The van der Waals surface area contributed by atoms with Gasteiger partial charge in [-0.15, -0.1) is 13.2 Å². The molecule has 1 aliphatic rings. The van der Waals surface area contributed by atoms with E-state index in [-0.39, 0.29) is 22.9 Å². The average Bonchev–Trinajstić information content (AvgIpc) is 3.31. The Balaban J connectivity index is 1.35. The number of nitrogens with zero attached hydrogens (tertiary/aromatic N) is 3. The van der Waals surface area contributed by atoms with E-state index < -0.39 is 37.2 Å². The van der Waals surface area contributed by atoms with Crippen molar-refractivity contribution >= 4 is 28.6 Å². The van der Waals surface area contributed by atoms with Gasteiger partial charge in [0.15, 0.2) is 6.61 Å². The topological polar surface area (TPSA) is 90.3 Å². The molecule has 0 spiro atoms. The third-order valence-electron chi connectivity index (χ3n) is 7.75. The number of halogens is 6. The van der Waals surface area contributed by atoms with Crippen molar-refractivity contribution in [1.82, 2.24) is 19.9 Å². The summed E-state index contributed by atoms with van der Waals surface area (Å²) >= 11 is 0. The summed E-state index contributed by atoms with van der Waals surface area (Å²) in [6, 6.07) is 12.7. The van der Waals surface area contributed by atoms with Crippen LogP contribution in [-0.2, 0) is 17.5 Å². The Morgan fingerprint density at radius 1 is 1.02 bits per heavy atom. The summed E-state index contributed by atoms with van der Waals surface area (Å²) < 4.78 is 89.3. The van der Waals surface area contributed by atoms with Crippen LogP contribution >= 0.6 is 0 Å². The molecule has 0 bridgehead atoms. The van der Waals surface area contributed by atoms with Crippen LogP contribution < -0.4 is 20.1 Å². The molecular formula is C32H33F6N5O3. The fourth-order valence-corrected chi connectivity index (χ4v) is 6.21. The van der Waals surface area contributed by atoms with Crippen molar-refractivity contribution < 1.29 is 40.6 Å². The van der Waals surface area contributed by atoms with Gasteiger partial charge in [-0.3, -0.25) is 9.78 Å². The van der Waals surface area contributed by atoms with Crippen LogP contribution in [0.1, 0.15) is 57.3 Å². The molecule has 8 nitrogen and oxygen atoms in total. The van der Waals surface area contributed by atoms with Gasteiger partial charge in [-0.2, -0.15) is 13.2 Å². The van der Waals surface area contributed by atoms with Crippen LogP contribution in [0.5, 0.6) is 11.5 Å². The lowest BCUT2D eigenvalue weighted by Gasteiger charge is -2.40. The highest BCUT2D eigenvalue weighted by atomic mass is 19.4. The van der Waals surface area contributed by atoms with Crippen LogP contribution in [0.15, 0.2) is 60.8 Å². The van der Waals surface area contributed by atoms with E-state index in [1.807, 2.05) is 6.07 Å². The highest BCUT2D eigenvalue weighted by Crippen LogP contribution is 2.46. The first-order valence-electron chi connectivity index (χ1n) is 14.6. The van der Waals surface area contributed by atoms with Gasteiger partial charge in [-0.05, 0) is 79.1 Å². The van der Waals surface area contributed by atoms with Crippen LogP contribution in [0.4, 0.5) is 38.0 Å². The molecule has 14 heteroatoms. The summed E-state index contributed by atoms with van der Waals surface area (Å²) in [7, 11) is 0. The Hall–Kier alpha value is -4.49. The van der Waals surface area contributed by atoms with Gasteiger partial charge >= 0.3 is 12.5 Å². The number of ether oxygens (including phenoxy) is 2. The maximum Gasteiger partial charge on any atom is 0.573 e. The van der Waals surface area contributed by atoms with Gasteiger partial charge in [0, 0.05) is 24.0 Å². The highest BCUT2D eigenvalue weighted by molar-refractivity contribution is 5.82. The number of hydrogen-bond acceptors (Lipinski definition) is 6. The molecule has 2 aromatic heterocycles. The smallest absolute Gasteiger partial charge is 0.484 e. The zero-order valence-electron chi connectivity index (χ0n) is 25.3. The van der Waals surface area contributed by atoms with Gasteiger partial charge in [0.2, 0.25) is 5.95 Å². The number of rotatable bonds is 9. The first kappa shape index (κ1) is 32.9. The van der Waals surface area contributed by atoms with Gasteiger partial charge in [0.1, 0.15) is 11.5 Å². The van der Waals surface area contributed by atoms with E-state index in [1.165, 1.54) is 36.5 Å². The summed E-state index contributed by atoms with van der Waals surface area (Å²) in [4.78, 5) is 20.9. The van der Waals surface area contributed by atoms with Crippen molar-refractivity contribution in [2.24, 2.45) is 11.3 Å². The van der Waals surface area contributed by atoms with E-state index in [4.69, 9.17) is 9.72 Å². The molecule has 2 aromatic carbocycles. The number of aromatic nitrogens is 3. The first-order valence-corrected chi connectivity index (χ1v) is 14.6. The van der Waals surface area contributed by atoms with E-state index in [0.717, 1.165) is 30.8 Å². The van der Waals surface area contributed by atoms with E-state index in [1.54, 1.807) is 12.1 Å². The van der Waals surface area contributed by atoms with Crippen LogP contribution in [0, 0.1) is 11.3 Å². The molecule has 1 amide bonds. The summed E-state index contributed by atoms with van der Waals surface area (Å²) in [5.74, 6) is 0.264. The number of nitrogens with one attached hydrogen (secondary N) is 2. The van der Waals surface area contributed by atoms with Crippen LogP contribution in [-0.4, -0.2) is 33.4 Å². The number of hydrogen-bond donors (Lipinski definition) is 2. The molecule has 2 atom stereocenters. The standard InChI is InChI=1S/C32H33F6N5O3/c1-19-13-21(16-30(2,3)15-19)43-27-11-10-23(45-18-28(44)40-17-26-24(31(33,34)35)5-4-12-39-26)14-25(27)42-29(43)41-20-6-8-22(9-7-20)46-32(36,37)38/h4-12,14,19,21H,13,15-18H2,1-3H3,(H,40,44)(H,41,42)/t19-,21-/m1/s1. The second-order valence-electron chi connectivity index (χ2n) is 12.3. The predicted molar refractivity (Wildman–Crippen MR) is 159 cm³/mol. The van der Waals surface area contributed by atoms with Crippen molar-refractivity contribution in [3.63, 3.8) is 0 Å². The third kappa shape index (κ3) is 8.20. The van der Waals surface area contributed by atoms with Crippen molar-refractivity contribution in [3.05, 3.63) is 72.1 Å². The number of fused-ring (bicyclic) bond motifs is 1. The third-order valence-corrected chi connectivity index (χ3v) is 7.75. The number of amides is 1. The zero-order chi connectivity index (χ0) is 33.3. The number of benzene rings is 2. The molecule has 2 heterocycles. The van der Waals surface area contributed by atoms with Gasteiger partial charge in [0.05, 0.1) is 28.8 Å². The summed E-state index contributed by atoms with van der Waals surface area (Å²) in [5.41, 5.74) is 0.683. The largest absolute Gasteiger partial charge is 0.573 e. The van der Waals surface area contributed by atoms with Crippen molar-refractivity contribution in [3.8, 4) is 11.5 Å². The number of carbonyl (C=O) groups excluding carboxylic acids is 1. The quantitative estimate of drug-likeness (QED) is 0.178. The van der Waals surface area contributed by atoms with Crippen molar-refractivity contribution in [2.75, 3.05) is 11.9 Å². The molecular weight excluding hydrogens is 616 g/mol. The van der Waals surface area contributed by atoms with E-state index in [9.17, 15) is 31.1 Å². The van der Waals surface area contributed by atoms with Crippen LogP contribution in [0.25, 0.3) is 11.0 Å². The Labute approximate surface area is 261 Å². The highest BCUT2D eigenvalue weighted by Gasteiger charge is 2.36. The number of alkyl halides is 6. The summed E-state index contributed by atoms with van der Waals surface area (Å²) in [6.45, 7) is 5.77. The fraction of sp³-hybridized carbons (Fsp3) is 0.406. The van der Waals surface area contributed by atoms with Crippen molar-refractivity contribution in [1.29, 1.82) is 0 Å². The molecule has 1 saturated carbocycles. The van der Waals surface area contributed by atoms with Crippen LogP contribution in [0.3, 0.4) is 0 Å². The van der Waals surface area contributed by atoms with Gasteiger partial charge in [-0.1, -0.05) is 20.8 Å². The molecule has 2 N–H and O–H groups in total. The lowest BCUT2D eigenvalue weighted by Crippen LogP contribution is -2.30. The molecule has 1 aliphatic carbocycles. The van der Waals surface area contributed by atoms with Gasteiger partial charge in [0.25, 0.3) is 5.91 Å². The molecule has 0 radical (unpaired) electrons. The Bertz CT molecular complexity index is 1680. The minimum Gasteiger partial charge on any atom is -0.484 e. The Morgan fingerprint density at radius 2 is 1.74 bits per heavy atom. The molecule has 246 valence electrons. The molecule has 0 saturated heterocycles. The van der Waals surface area contributed by atoms with E-state index in [2.05, 4.69) is 45.7 Å². The predicted octanol–water partition coefficient (Wildman–Crippen LogP) is 8.17. The summed E-state index contributed by atoms with van der Waals surface area (Å²) in [5, 5.41) is 5.64. The molecule has 1 fully saturated rings. The normalized spacial score (nSPS) is 18.3. The monoisotopic (exact) mass is 649 g/mol. The molecule has 4 aromatic rings. The molecule has 5 rings (SSSR count). The number of anilines is 2. The molecule has 46 heavy (non-hydrogen) atoms. The van der Waals surface area contributed by atoms with Gasteiger partial charge in [-0.25, -0.2) is 4.98 Å². The Morgan fingerprint density at radius 3 is 2.41 bits per heavy atom. The fourth-order valence-electron chi connectivity index (χ4n) is 6.21. The number of pyridine rings is 1. The van der Waals surface area contributed by atoms with E-state index in [0.29, 0.717) is 28.8 Å². The second kappa shape index (κ2) is 12.7. The lowest BCUT2D eigenvalue weighted by atomic mass is 9.70. The maximum atomic E-state index is 13.2. The minimum absolute atomic E-state index is 0.0688.